The van der Waals surface area contributed by atoms with Crippen molar-refractivity contribution < 1.29 is 9.21 Å². The number of amides is 1. The van der Waals surface area contributed by atoms with Gasteiger partial charge in [-0.25, -0.2) is 0 Å². The number of pyridine rings is 1. The highest BCUT2D eigenvalue weighted by molar-refractivity contribution is 6.03. The van der Waals surface area contributed by atoms with Gasteiger partial charge in [-0.3, -0.25) is 9.59 Å². The van der Waals surface area contributed by atoms with Gasteiger partial charge in [-0.05, 0) is 53.1 Å². The normalized spacial score (nSPS) is 17.3. The van der Waals surface area contributed by atoms with Crippen LogP contribution in [0.3, 0.4) is 0 Å². The number of aromatic nitrogens is 1. The fourth-order valence-corrected chi connectivity index (χ4v) is 4.30. The van der Waals surface area contributed by atoms with Crippen LogP contribution >= 0.6 is 0 Å². The van der Waals surface area contributed by atoms with Crippen LogP contribution in [-0.2, 0) is 12.0 Å². The number of nitrogens with zero attached hydrogens (tertiary/aromatic N) is 1. The molecule has 0 saturated carbocycles. The van der Waals surface area contributed by atoms with Gasteiger partial charge in [-0.1, -0.05) is 39.0 Å². The predicted octanol–water partition coefficient (Wildman–Crippen LogP) is 4.53. The third-order valence-electron chi connectivity index (χ3n) is 5.50. The molecule has 0 bridgehead atoms. The second-order valence-electron chi connectivity index (χ2n) is 8.14. The van der Waals surface area contributed by atoms with E-state index in [4.69, 9.17) is 4.42 Å². The van der Waals surface area contributed by atoms with Crippen molar-refractivity contribution in [3.63, 3.8) is 0 Å². The molecule has 0 spiro atoms. The third-order valence-corrected chi connectivity index (χ3v) is 5.50. The number of fused-ring (bicyclic) bond motifs is 1. The van der Waals surface area contributed by atoms with Crippen molar-refractivity contribution in [2.24, 2.45) is 0 Å². The van der Waals surface area contributed by atoms with Crippen LogP contribution in [0.25, 0.3) is 0 Å². The van der Waals surface area contributed by atoms with Gasteiger partial charge in [0.25, 0.3) is 11.5 Å². The zero-order valence-corrected chi connectivity index (χ0v) is 16.4. The lowest BCUT2D eigenvalue weighted by atomic mass is 9.86. The molecule has 0 radical (unpaired) electrons. The third kappa shape index (κ3) is 3.28. The molecule has 4 rings (SSSR count). The highest BCUT2D eigenvalue weighted by Crippen LogP contribution is 2.48. The van der Waals surface area contributed by atoms with Crippen LogP contribution in [0.1, 0.15) is 60.6 Å². The van der Waals surface area contributed by atoms with Gasteiger partial charge in [0.1, 0.15) is 5.76 Å². The topological polar surface area (TPSA) is 64.2 Å². The van der Waals surface area contributed by atoms with Gasteiger partial charge in [0.2, 0.25) is 0 Å². The Kier molecular flexibility index (Phi) is 4.46. The quantitative estimate of drug-likeness (QED) is 0.728. The van der Waals surface area contributed by atoms with Crippen LogP contribution in [-0.4, -0.2) is 10.5 Å². The Morgan fingerprint density at radius 3 is 2.79 bits per heavy atom. The Bertz CT molecular complexity index is 1090. The van der Waals surface area contributed by atoms with Gasteiger partial charge in [-0.15, -0.1) is 0 Å². The molecule has 1 N–H and O–H groups in total. The van der Waals surface area contributed by atoms with Gasteiger partial charge >= 0.3 is 0 Å². The predicted molar refractivity (Wildman–Crippen MR) is 109 cm³/mol. The summed E-state index contributed by atoms with van der Waals surface area (Å²) in [7, 11) is 0. The van der Waals surface area contributed by atoms with Gasteiger partial charge in [0, 0.05) is 18.0 Å². The smallest absolute Gasteiger partial charge is 0.291 e. The summed E-state index contributed by atoms with van der Waals surface area (Å²) < 4.78 is 7.23. The molecule has 1 aliphatic carbocycles. The number of anilines is 1. The summed E-state index contributed by atoms with van der Waals surface area (Å²) >= 11 is 0. The Balaban J connectivity index is 1.55. The van der Waals surface area contributed by atoms with Crippen LogP contribution in [0.2, 0.25) is 0 Å². The molecule has 0 fully saturated rings. The van der Waals surface area contributed by atoms with E-state index in [0.717, 1.165) is 12.1 Å². The summed E-state index contributed by atoms with van der Waals surface area (Å²) in [4.78, 5) is 24.6. The van der Waals surface area contributed by atoms with E-state index in [9.17, 15) is 9.59 Å². The maximum absolute atomic E-state index is 12.7. The monoisotopic (exact) mass is 376 g/mol. The summed E-state index contributed by atoms with van der Waals surface area (Å²) in [5.74, 6) is 0.906. The zero-order valence-electron chi connectivity index (χ0n) is 16.4. The Morgan fingerprint density at radius 2 is 2.00 bits per heavy atom. The number of hydrogen-bond donors (Lipinski definition) is 1. The molecule has 144 valence electrons. The van der Waals surface area contributed by atoms with E-state index >= 15 is 0 Å². The molecule has 0 saturated heterocycles. The first-order valence-corrected chi connectivity index (χ1v) is 9.54. The molecule has 0 aliphatic heterocycles. The minimum absolute atomic E-state index is 0.107. The standard InChI is InChI=1S/C23H24N2O3/c1-15-13-23(2,3)17-7-6-8-18(21(15)17)24-22(27)19-11-10-16(28-19)14-25-12-5-4-9-20(25)26/h4-12,15H,13-14H2,1-3H3,(H,24,27). The molecule has 2 aromatic heterocycles. The maximum Gasteiger partial charge on any atom is 0.291 e. The van der Waals surface area contributed by atoms with Crippen LogP contribution < -0.4 is 10.9 Å². The summed E-state index contributed by atoms with van der Waals surface area (Å²) in [6.45, 7) is 6.97. The molecule has 3 aromatic rings. The number of rotatable bonds is 4. The molecular weight excluding hydrogens is 352 g/mol. The van der Waals surface area contributed by atoms with E-state index in [1.165, 1.54) is 21.8 Å². The number of nitrogens with one attached hydrogen (secondary N) is 1. The van der Waals surface area contributed by atoms with E-state index in [1.807, 2.05) is 12.1 Å². The molecular formula is C23H24N2O3. The highest BCUT2D eigenvalue weighted by Gasteiger charge is 2.36. The average molecular weight is 376 g/mol. The molecule has 2 heterocycles. The molecule has 1 atom stereocenters. The first-order valence-electron chi connectivity index (χ1n) is 9.54. The van der Waals surface area contributed by atoms with E-state index < -0.39 is 0 Å². The summed E-state index contributed by atoms with van der Waals surface area (Å²) in [5, 5.41) is 3.01. The second-order valence-corrected chi connectivity index (χ2v) is 8.14. The number of carbonyl (C=O) groups is 1. The molecule has 5 nitrogen and oxygen atoms in total. The van der Waals surface area contributed by atoms with Gasteiger partial charge in [0.15, 0.2) is 5.76 Å². The maximum atomic E-state index is 12.7. The highest BCUT2D eigenvalue weighted by atomic mass is 16.4. The molecule has 5 heteroatoms. The van der Waals surface area contributed by atoms with E-state index in [2.05, 4.69) is 32.2 Å². The van der Waals surface area contributed by atoms with Crippen molar-refractivity contribution in [2.45, 2.75) is 45.1 Å². The minimum atomic E-state index is -0.281. The van der Waals surface area contributed by atoms with E-state index in [0.29, 0.717) is 18.2 Å². The molecule has 1 amide bonds. The number of furan rings is 1. The summed E-state index contributed by atoms with van der Waals surface area (Å²) in [6, 6.07) is 14.4. The average Bonchev–Trinajstić information content (AvgIpc) is 3.20. The van der Waals surface area contributed by atoms with Crippen molar-refractivity contribution in [1.82, 2.24) is 4.57 Å². The molecule has 1 aromatic carbocycles. The van der Waals surface area contributed by atoms with Crippen LogP contribution in [0.5, 0.6) is 0 Å². The van der Waals surface area contributed by atoms with Gasteiger partial charge in [0.05, 0.1) is 6.54 Å². The zero-order chi connectivity index (χ0) is 19.9. The SMILES string of the molecule is CC1CC(C)(C)c2cccc(NC(=O)c3ccc(Cn4ccccc4=O)o3)c21. The van der Waals surface area contributed by atoms with Crippen molar-refractivity contribution >= 4 is 11.6 Å². The fraction of sp³-hybridized carbons (Fsp3) is 0.304. The second kappa shape index (κ2) is 6.82. The van der Waals surface area contributed by atoms with Crippen LogP contribution in [0.4, 0.5) is 5.69 Å². The Hall–Kier alpha value is -3.08. The number of carbonyl (C=O) groups excluding carboxylic acids is 1. The lowest BCUT2D eigenvalue weighted by Gasteiger charge is -2.19. The molecule has 28 heavy (non-hydrogen) atoms. The lowest BCUT2D eigenvalue weighted by molar-refractivity contribution is 0.0994. The molecule has 1 unspecified atom stereocenters. The number of benzene rings is 1. The van der Waals surface area contributed by atoms with Gasteiger partial charge < -0.3 is 14.3 Å². The van der Waals surface area contributed by atoms with Crippen molar-refractivity contribution in [3.05, 3.63) is 87.7 Å². The van der Waals surface area contributed by atoms with E-state index in [1.54, 1.807) is 30.5 Å². The van der Waals surface area contributed by atoms with Crippen molar-refractivity contribution in [2.75, 3.05) is 5.32 Å². The van der Waals surface area contributed by atoms with Crippen LogP contribution in [0.15, 0.2) is 63.9 Å². The fourth-order valence-electron chi connectivity index (χ4n) is 4.30. The van der Waals surface area contributed by atoms with Gasteiger partial charge in [-0.2, -0.15) is 0 Å². The number of hydrogen-bond acceptors (Lipinski definition) is 3. The van der Waals surface area contributed by atoms with Crippen molar-refractivity contribution in [3.8, 4) is 0 Å². The first kappa shape index (κ1) is 18.3. The first-order chi connectivity index (χ1) is 13.3. The Labute approximate surface area is 164 Å². The summed E-state index contributed by atoms with van der Waals surface area (Å²) in [5.41, 5.74) is 3.35. The van der Waals surface area contributed by atoms with Crippen molar-refractivity contribution in [1.29, 1.82) is 0 Å². The Morgan fingerprint density at radius 1 is 1.18 bits per heavy atom. The lowest BCUT2D eigenvalue weighted by Crippen LogP contribution is -2.18. The largest absolute Gasteiger partial charge is 0.454 e. The summed E-state index contributed by atoms with van der Waals surface area (Å²) in [6.07, 6.45) is 2.76. The molecule has 1 aliphatic rings. The van der Waals surface area contributed by atoms with E-state index in [-0.39, 0.29) is 22.6 Å². The minimum Gasteiger partial charge on any atom is -0.454 e. The van der Waals surface area contributed by atoms with Crippen LogP contribution in [0, 0.1) is 0 Å².